The second-order valence-electron chi connectivity index (χ2n) is 4.43. The fourth-order valence-electron chi connectivity index (χ4n) is 1.55. The summed E-state index contributed by atoms with van der Waals surface area (Å²) in [6.07, 6.45) is 0.505. The molecule has 5 nitrogen and oxygen atoms in total. The van der Waals surface area contributed by atoms with Crippen molar-refractivity contribution in [3.05, 3.63) is 17.0 Å². The lowest BCUT2D eigenvalue weighted by Crippen LogP contribution is -2.30. The van der Waals surface area contributed by atoms with Crippen molar-refractivity contribution in [3.63, 3.8) is 0 Å². The Kier molecular flexibility index (Phi) is 4.69. The van der Waals surface area contributed by atoms with Crippen molar-refractivity contribution in [1.82, 2.24) is 10.1 Å². The number of likely N-dealkylation sites (N-methyl/N-ethyl adjacent to an activating group) is 1. The van der Waals surface area contributed by atoms with E-state index in [1.54, 1.807) is 25.8 Å². The molecule has 1 aromatic heterocycles. The minimum atomic E-state index is -0.385. The Morgan fingerprint density at radius 1 is 1.53 bits per heavy atom. The largest absolute Gasteiger partial charge is 0.393 e. The van der Waals surface area contributed by atoms with E-state index in [1.165, 1.54) is 0 Å². The maximum absolute atomic E-state index is 11.9. The van der Waals surface area contributed by atoms with Crippen LogP contribution in [0.1, 0.15) is 30.4 Å². The molecule has 1 rings (SSSR count). The van der Waals surface area contributed by atoms with Gasteiger partial charge in [-0.1, -0.05) is 5.16 Å². The molecule has 96 valence electrons. The van der Waals surface area contributed by atoms with Gasteiger partial charge >= 0.3 is 0 Å². The topological polar surface area (TPSA) is 66.6 Å². The number of rotatable bonds is 5. The number of aromatic nitrogens is 1. The zero-order chi connectivity index (χ0) is 13.0. The minimum absolute atomic E-state index is 0.0139. The Bertz CT molecular complexity index is 366. The van der Waals surface area contributed by atoms with Crippen molar-refractivity contribution < 1.29 is 14.4 Å². The van der Waals surface area contributed by atoms with Crippen LogP contribution in [0, 0.1) is 13.8 Å². The molecule has 5 heteroatoms. The van der Waals surface area contributed by atoms with Gasteiger partial charge in [0.05, 0.1) is 18.2 Å². The molecule has 0 bridgehead atoms. The Hall–Kier alpha value is -1.36. The van der Waals surface area contributed by atoms with E-state index >= 15 is 0 Å². The van der Waals surface area contributed by atoms with Gasteiger partial charge in [0.25, 0.3) is 0 Å². The lowest BCUT2D eigenvalue weighted by Gasteiger charge is -2.17. The summed E-state index contributed by atoms with van der Waals surface area (Å²) in [6.45, 7) is 5.90. The molecule has 0 aliphatic rings. The van der Waals surface area contributed by atoms with Gasteiger partial charge < -0.3 is 14.5 Å². The quantitative estimate of drug-likeness (QED) is 0.835. The van der Waals surface area contributed by atoms with Crippen LogP contribution in [-0.2, 0) is 11.2 Å². The highest BCUT2D eigenvalue weighted by Crippen LogP contribution is 2.13. The summed E-state index contributed by atoms with van der Waals surface area (Å²) in [5.41, 5.74) is 1.62. The van der Waals surface area contributed by atoms with E-state index in [9.17, 15) is 4.79 Å². The minimum Gasteiger partial charge on any atom is -0.393 e. The summed E-state index contributed by atoms with van der Waals surface area (Å²) < 4.78 is 5.01. The zero-order valence-corrected chi connectivity index (χ0v) is 10.9. The summed E-state index contributed by atoms with van der Waals surface area (Å²) >= 11 is 0. The summed E-state index contributed by atoms with van der Waals surface area (Å²) in [4.78, 5) is 13.5. The van der Waals surface area contributed by atoms with Gasteiger partial charge in [-0.3, -0.25) is 4.79 Å². The first-order valence-corrected chi connectivity index (χ1v) is 5.75. The molecule has 1 N–H and O–H groups in total. The summed E-state index contributed by atoms with van der Waals surface area (Å²) in [7, 11) is 1.74. The van der Waals surface area contributed by atoms with Crippen molar-refractivity contribution >= 4 is 5.91 Å². The van der Waals surface area contributed by atoms with E-state index in [1.807, 2.05) is 6.92 Å². The van der Waals surface area contributed by atoms with Crippen LogP contribution in [0.25, 0.3) is 0 Å². The molecule has 0 saturated heterocycles. The lowest BCUT2D eigenvalue weighted by molar-refractivity contribution is -0.129. The molecule has 0 radical (unpaired) electrons. The first-order valence-electron chi connectivity index (χ1n) is 5.75. The third-order valence-electron chi connectivity index (χ3n) is 2.82. The molecule has 0 spiro atoms. The number of aliphatic hydroxyl groups excluding tert-OH is 1. The third kappa shape index (κ3) is 3.85. The van der Waals surface area contributed by atoms with Gasteiger partial charge in [-0.15, -0.1) is 0 Å². The number of nitrogens with zero attached hydrogens (tertiary/aromatic N) is 2. The van der Waals surface area contributed by atoms with E-state index < -0.39 is 0 Å². The second kappa shape index (κ2) is 5.82. The molecule has 0 aliphatic heterocycles. The van der Waals surface area contributed by atoms with Gasteiger partial charge in [0.2, 0.25) is 5.91 Å². The van der Waals surface area contributed by atoms with Crippen molar-refractivity contribution in [2.24, 2.45) is 0 Å². The molecule has 0 saturated carbocycles. The van der Waals surface area contributed by atoms with Crippen LogP contribution in [0.3, 0.4) is 0 Å². The average molecular weight is 240 g/mol. The summed E-state index contributed by atoms with van der Waals surface area (Å²) in [5, 5.41) is 13.0. The van der Waals surface area contributed by atoms with Crippen molar-refractivity contribution in [2.75, 3.05) is 13.6 Å². The van der Waals surface area contributed by atoms with Crippen LogP contribution in [0.2, 0.25) is 0 Å². The fraction of sp³-hybridized carbons (Fsp3) is 0.667. The number of aryl methyl sites for hydroxylation is 2. The number of amides is 1. The maximum atomic E-state index is 11.9. The third-order valence-corrected chi connectivity index (χ3v) is 2.82. The first kappa shape index (κ1) is 13.7. The number of carbonyl (C=O) groups excluding carboxylic acids is 1. The summed E-state index contributed by atoms with van der Waals surface area (Å²) in [5.74, 6) is 0.708. The average Bonchev–Trinajstić information content (AvgIpc) is 2.57. The fourth-order valence-corrected chi connectivity index (χ4v) is 1.55. The Balaban J connectivity index is 2.54. The highest BCUT2D eigenvalue weighted by Gasteiger charge is 2.16. The summed E-state index contributed by atoms with van der Waals surface area (Å²) in [6, 6.07) is 0. The molecule has 0 aliphatic carbocycles. The van der Waals surface area contributed by atoms with Crippen LogP contribution in [-0.4, -0.2) is 40.8 Å². The van der Waals surface area contributed by atoms with E-state index in [0.717, 1.165) is 11.3 Å². The molecular formula is C12H20N2O3. The molecule has 0 fully saturated rings. The van der Waals surface area contributed by atoms with Crippen molar-refractivity contribution in [2.45, 2.75) is 39.7 Å². The van der Waals surface area contributed by atoms with E-state index in [2.05, 4.69) is 5.16 Å². The van der Waals surface area contributed by atoms with E-state index in [4.69, 9.17) is 9.63 Å². The molecular weight excluding hydrogens is 220 g/mol. The predicted molar refractivity (Wildman–Crippen MR) is 63.6 cm³/mol. The number of aliphatic hydroxyl groups is 1. The van der Waals surface area contributed by atoms with Gasteiger partial charge in [-0.05, 0) is 27.2 Å². The maximum Gasteiger partial charge on any atom is 0.226 e. The molecule has 1 unspecified atom stereocenters. The molecule has 1 atom stereocenters. The molecule has 1 amide bonds. The van der Waals surface area contributed by atoms with Crippen molar-refractivity contribution in [3.8, 4) is 0 Å². The van der Waals surface area contributed by atoms with E-state index in [-0.39, 0.29) is 12.0 Å². The number of hydrogen-bond acceptors (Lipinski definition) is 4. The van der Waals surface area contributed by atoms with Gasteiger partial charge in [0.15, 0.2) is 0 Å². The predicted octanol–water partition coefficient (Wildman–Crippen LogP) is 1.06. The van der Waals surface area contributed by atoms with Crippen LogP contribution in [0.15, 0.2) is 4.52 Å². The van der Waals surface area contributed by atoms with Crippen molar-refractivity contribution in [1.29, 1.82) is 0 Å². The Morgan fingerprint density at radius 3 is 2.65 bits per heavy atom. The lowest BCUT2D eigenvalue weighted by atomic mass is 10.1. The van der Waals surface area contributed by atoms with E-state index in [0.29, 0.717) is 25.1 Å². The molecule has 1 aromatic rings. The van der Waals surface area contributed by atoms with Crippen LogP contribution in [0.4, 0.5) is 0 Å². The first-order chi connectivity index (χ1) is 7.91. The van der Waals surface area contributed by atoms with Crippen LogP contribution in [0.5, 0.6) is 0 Å². The smallest absolute Gasteiger partial charge is 0.226 e. The SMILES string of the molecule is Cc1noc(C)c1CC(=O)N(C)CCC(C)O. The standard InChI is InChI=1S/C12H20N2O3/c1-8(15)5-6-14(4)12(16)7-11-9(2)13-17-10(11)3/h8,15H,5-7H2,1-4H3. The van der Waals surface area contributed by atoms with Gasteiger partial charge in [0.1, 0.15) is 5.76 Å². The number of hydrogen-bond donors (Lipinski definition) is 1. The Labute approximate surface area is 101 Å². The van der Waals surface area contributed by atoms with Crippen LogP contribution < -0.4 is 0 Å². The molecule has 0 aromatic carbocycles. The molecule has 1 heterocycles. The normalized spacial score (nSPS) is 12.5. The van der Waals surface area contributed by atoms with Gasteiger partial charge in [-0.25, -0.2) is 0 Å². The molecule has 17 heavy (non-hydrogen) atoms. The Morgan fingerprint density at radius 2 is 2.18 bits per heavy atom. The van der Waals surface area contributed by atoms with Gasteiger partial charge in [-0.2, -0.15) is 0 Å². The number of carbonyl (C=O) groups is 1. The second-order valence-corrected chi connectivity index (χ2v) is 4.43. The highest BCUT2D eigenvalue weighted by molar-refractivity contribution is 5.78. The monoisotopic (exact) mass is 240 g/mol. The van der Waals surface area contributed by atoms with Crippen LogP contribution >= 0.6 is 0 Å². The zero-order valence-electron chi connectivity index (χ0n) is 10.9. The highest BCUT2D eigenvalue weighted by atomic mass is 16.5. The van der Waals surface area contributed by atoms with Gasteiger partial charge in [0, 0.05) is 19.2 Å².